The van der Waals surface area contributed by atoms with E-state index in [-0.39, 0.29) is 6.61 Å². The molecule has 0 spiro atoms. The normalized spacial score (nSPS) is 11.2. The van der Waals surface area contributed by atoms with E-state index in [2.05, 4.69) is 10.3 Å². The van der Waals surface area contributed by atoms with Gasteiger partial charge in [0.05, 0.1) is 6.61 Å². The zero-order valence-corrected chi connectivity index (χ0v) is 7.04. The lowest BCUT2D eigenvalue weighted by Gasteiger charge is -2.03. The number of rotatable bonds is 5. The molecule has 0 aromatic rings. The summed E-state index contributed by atoms with van der Waals surface area (Å²) in [5.74, 6) is -0.134. The molecule has 0 aromatic carbocycles. The predicted octanol–water partition coefficient (Wildman–Crippen LogP) is -1.98. The van der Waals surface area contributed by atoms with E-state index in [9.17, 15) is 4.79 Å². The number of guanidine groups is 1. The Morgan fingerprint density at radius 3 is 2.75 bits per heavy atom. The fourth-order valence-corrected chi connectivity index (χ4v) is 0.503. The molecule has 0 aliphatic rings. The van der Waals surface area contributed by atoms with Crippen LogP contribution in [0.2, 0.25) is 0 Å². The van der Waals surface area contributed by atoms with Crippen molar-refractivity contribution in [3.05, 3.63) is 0 Å². The van der Waals surface area contributed by atoms with Crippen molar-refractivity contribution in [1.29, 1.82) is 0 Å². The zero-order valence-electron chi connectivity index (χ0n) is 7.04. The van der Waals surface area contributed by atoms with Gasteiger partial charge in [0.25, 0.3) is 0 Å². The monoisotopic (exact) mass is 174 g/mol. The van der Waals surface area contributed by atoms with E-state index in [1.54, 1.807) is 7.05 Å². The van der Waals surface area contributed by atoms with Crippen molar-refractivity contribution in [3.63, 3.8) is 0 Å². The fraction of sp³-hybridized carbons (Fsp3) is 0.667. The first-order valence-electron chi connectivity index (χ1n) is 3.49. The Morgan fingerprint density at radius 1 is 1.58 bits per heavy atom. The van der Waals surface area contributed by atoms with Crippen molar-refractivity contribution in [2.24, 2.45) is 16.5 Å². The van der Waals surface area contributed by atoms with Crippen LogP contribution in [0.1, 0.15) is 0 Å². The van der Waals surface area contributed by atoms with Gasteiger partial charge in [-0.25, -0.2) is 0 Å². The van der Waals surface area contributed by atoms with E-state index in [4.69, 9.17) is 16.2 Å². The molecule has 0 aliphatic carbocycles. The molecule has 0 aromatic heterocycles. The molecule has 5 N–H and O–H groups in total. The second kappa shape index (κ2) is 6.41. The van der Waals surface area contributed by atoms with Crippen LogP contribution in [0.25, 0.3) is 0 Å². The summed E-state index contributed by atoms with van der Waals surface area (Å²) >= 11 is 0. The molecule has 0 bridgehead atoms. The first-order chi connectivity index (χ1) is 5.66. The number of amides is 1. The number of primary amides is 1. The van der Waals surface area contributed by atoms with Gasteiger partial charge < -0.3 is 21.5 Å². The highest BCUT2D eigenvalue weighted by atomic mass is 16.5. The number of hydrogen-bond donors (Lipinski definition) is 3. The summed E-state index contributed by atoms with van der Waals surface area (Å²) in [5.41, 5.74) is 10.1. The third-order valence-corrected chi connectivity index (χ3v) is 1.04. The van der Waals surface area contributed by atoms with E-state index in [0.29, 0.717) is 19.1 Å². The average molecular weight is 174 g/mol. The summed E-state index contributed by atoms with van der Waals surface area (Å²) in [6.07, 6.45) is 0. The van der Waals surface area contributed by atoms with Crippen LogP contribution < -0.4 is 16.8 Å². The molecule has 0 rings (SSSR count). The highest BCUT2D eigenvalue weighted by Crippen LogP contribution is 1.71. The largest absolute Gasteiger partial charge is 0.370 e. The minimum Gasteiger partial charge on any atom is -0.370 e. The maximum absolute atomic E-state index is 10.2. The molecule has 0 atom stereocenters. The number of carbonyl (C=O) groups is 1. The predicted molar refractivity (Wildman–Crippen MR) is 45.6 cm³/mol. The van der Waals surface area contributed by atoms with Crippen molar-refractivity contribution in [3.8, 4) is 0 Å². The topological polar surface area (TPSA) is 103 Å². The molecule has 0 saturated carbocycles. The minimum absolute atomic E-state index is 0.0646. The Labute approximate surface area is 71.0 Å². The van der Waals surface area contributed by atoms with Crippen LogP contribution in [-0.4, -0.2) is 38.7 Å². The smallest absolute Gasteiger partial charge is 0.243 e. The molecule has 6 heteroatoms. The Bertz CT molecular complexity index is 169. The number of nitrogens with two attached hydrogens (primary N) is 2. The molecular weight excluding hydrogens is 160 g/mol. The number of nitrogens with one attached hydrogen (secondary N) is 1. The summed E-state index contributed by atoms with van der Waals surface area (Å²) in [4.78, 5) is 13.8. The van der Waals surface area contributed by atoms with E-state index in [0.717, 1.165) is 0 Å². The molecule has 70 valence electrons. The standard InChI is InChI=1S/C6H14N4O2/c1-9-6(8)10-2-3-12-4-5(7)11/h2-4H2,1H3,(H2,7,11)(H3,8,9,10). The van der Waals surface area contributed by atoms with Crippen LogP contribution in [0.4, 0.5) is 0 Å². The zero-order chi connectivity index (χ0) is 9.40. The Balaban J connectivity index is 3.16. The van der Waals surface area contributed by atoms with Crippen LogP contribution in [0.3, 0.4) is 0 Å². The van der Waals surface area contributed by atoms with Crippen molar-refractivity contribution in [1.82, 2.24) is 5.32 Å². The Hall–Kier alpha value is -1.30. The Morgan fingerprint density at radius 2 is 2.25 bits per heavy atom. The molecule has 0 radical (unpaired) electrons. The van der Waals surface area contributed by atoms with Crippen LogP contribution >= 0.6 is 0 Å². The highest BCUT2D eigenvalue weighted by Gasteiger charge is 1.93. The van der Waals surface area contributed by atoms with Gasteiger partial charge in [-0.3, -0.25) is 9.79 Å². The molecule has 0 fully saturated rings. The minimum atomic E-state index is -0.480. The second-order valence-corrected chi connectivity index (χ2v) is 2.05. The van der Waals surface area contributed by atoms with Crippen LogP contribution in [-0.2, 0) is 9.53 Å². The number of carbonyl (C=O) groups excluding carboxylic acids is 1. The molecule has 12 heavy (non-hydrogen) atoms. The third kappa shape index (κ3) is 6.81. The molecular formula is C6H14N4O2. The summed E-state index contributed by atoms with van der Waals surface area (Å²) in [6.45, 7) is 0.820. The highest BCUT2D eigenvalue weighted by molar-refractivity contribution is 5.77. The summed E-state index contributed by atoms with van der Waals surface area (Å²) in [6, 6.07) is 0. The van der Waals surface area contributed by atoms with Gasteiger partial charge in [0.15, 0.2) is 5.96 Å². The number of hydrogen-bond acceptors (Lipinski definition) is 3. The molecule has 0 saturated heterocycles. The summed E-state index contributed by atoms with van der Waals surface area (Å²) in [5, 5.41) is 2.76. The molecule has 6 nitrogen and oxygen atoms in total. The van der Waals surface area contributed by atoms with Gasteiger partial charge >= 0.3 is 0 Å². The van der Waals surface area contributed by atoms with Crippen LogP contribution in [0.15, 0.2) is 4.99 Å². The van der Waals surface area contributed by atoms with Gasteiger partial charge in [0, 0.05) is 13.6 Å². The van der Waals surface area contributed by atoms with Crippen molar-refractivity contribution in [2.75, 3.05) is 26.8 Å². The van der Waals surface area contributed by atoms with Crippen molar-refractivity contribution in [2.45, 2.75) is 0 Å². The average Bonchev–Trinajstić information content (AvgIpc) is 2.03. The lowest BCUT2D eigenvalue weighted by molar-refractivity contribution is -0.122. The third-order valence-electron chi connectivity index (χ3n) is 1.04. The van der Waals surface area contributed by atoms with E-state index < -0.39 is 5.91 Å². The fourth-order valence-electron chi connectivity index (χ4n) is 0.503. The molecule has 0 aliphatic heterocycles. The lowest BCUT2D eigenvalue weighted by Crippen LogP contribution is -2.34. The first kappa shape index (κ1) is 10.7. The molecule has 0 heterocycles. The second-order valence-electron chi connectivity index (χ2n) is 2.05. The quantitative estimate of drug-likeness (QED) is 0.255. The van der Waals surface area contributed by atoms with Crippen molar-refractivity contribution >= 4 is 11.9 Å². The molecule has 0 unspecified atom stereocenters. The van der Waals surface area contributed by atoms with E-state index in [1.165, 1.54) is 0 Å². The van der Waals surface area contributed by atoms with Crippen LogP contribution in [0.5, 0.6) is 0 Å². The van der Waals surface area contributed by atoms with Gasteiger partial charge in [-0.1, -0.05) is 0 Å². The van der Waals surface area contributed by atoms with Gasteiger partial charge in [-0.15, -0.1) is 0 Å². The van der Waals surface area contributed by atoms with Gasteiger partial charge in [0.2, 0.25) is 5.91 Å². The molecule has 1 amide bonds. The van der Waals surface area contributed by atoms with Gasteiger partial charge in [-0.2, -0.15) is 0 Å². The number of nitrogens with zero attached hydrogens (tertiary/aromatic N) is 1. The van der Waals surface area contributed by atoms with Crippen molar-refractivity contribution < 1.29 is 9.53 Å². The Kier molecular flexibility index (Phi) is 5.72. The first-order valence-corrected chi connectivity index (χ1v) is 3.49. The van der Waals surface area contributed by atoms with Crippen LogP contribution in [0, 0.1) is 0 Å². The van der Waals surface area contributed by atoms with Gasteiger partial charge in [0.1, 0.15) is 6.61 Å². The van der Waals surface area contributed by atoms with E-state index in [1.807, 2.05) is 0 Å². The maximum atomic E-state index is 10.2. The summed E-state index contributed by atoms with van der Waals surface area (Å²) < 4.78 is 4.84. The van der Waals surface area contributed by atoms with E-state index >= 15 is 0 Å². The maximum Gasteiger partial charge on any atom is 0.243 e. The summed E-state index contributed by atoms with van der Waals surface area (Å²) in [7, 11) is 1.58. The lowest BCUT2D eigenvalue weighted by atomic mass is 10.6. The SMILES string of the molecule is CN=C(N)NCCOCC(N)=O. The van der Waals surface area contributed by atoms with Gasteiger partial charge in [-0.05, 0) is 0 Å². The number of aliphatic imine (C=N–C) groups is 1. The number of ether oxygens (including phenoxy) is 1.